The smallest absolute Gasteiger partial charge is 0.309 e. The molecule has 7 nitrogen and oxygen atoms in total. The topological polar surface area (TPSA) is 83.3 Å². The number of halogens is 2. The molecule has 0 saturated carbocycles. The second-order valence-electron chi connectivity index (χ2n) is 9.02. The minimum Gasteiger partial charge on any atom is -0.459 e. The van der Waals surface area contributed by atoms with E-state index >= 15 is 0 Å². The lowest BCUT2D eigenvalue weighted by Gasteiger charge is -2.31. The number of hydrogen-bond donors (Lipinski definition) is 0. The third-order valence-electron chi connectivity index (χ3n) is 6.65. The van der Waals surface area contributed by atoms with Crippen LogP contribution in [-0.4, -0.2) is 26.9 Å². The molecule has 0 spiro atoms. The van der Waals surface area contributed by atoms with Gasteiger partial charge in [0.1, 0.15) is 18.1 Å². The summed E-state index contributed by atoms with van der Waals surface area (Å²) in [4.78, 5) is 24.4. The highest BCUT2D eigenvalue weighted by atomic mass is 35.5. The second kappa shape index (κ2) is 10.4. The lowest BCUT2D eigenvalue weighted by Crippen LogP contribution is -2.29. The zero-order valence-corrected chi connectivity index (χ0v) is 21.6. The molecule has 1 aromatic heterocycles. The van der Waals surface area contributed by atoms with Crippen molar-refractivity contribution in [1.29, 1.82) is 0 Å². The predicted octanol–water partition coefficient (Wildman–Crippen LogP) is 5.60. The first-order valence-electron chi connectivity index (χ1n) is 11.5. The number of hydrogen-bond acceptors (Lipinski definition) is 6. The fraction of sp³-hybridized carbons (Fsp3) is 0.385. The molecule has 0 N–H and O–H groups in total. The third kappa shape index (κ3) is 5.52. The van der Waals surface area contributed by atoms with E-state index in [1.54, 1.807) is 29.1 Å². The molecular formula is C26H27Cl2N3O4. The van der Waals surface area contributed by atoms with Crippen LogP contribution in [0.15, 0.2) is 30.5 Å². The van der Waals surface area contributed by atoms with Gasteiger partial charge in [-0.15, -0.1) is 5.10 Å². The van der Waals surface area contributed by atoms with Gasteiger partial charge in [-0.2, -0.15) is 0 Å². The van der Waals surface area contributed by atoms with E-state index in [9.17, 15) is 9.59 Å². The predicted molar refractivity (Wildman–Crippen MR) is 133 cm³/mol. The van der Waals surface area contributed by atoms with Gasteiger partial charge in [0.15, 0.2) is 0 Å². The van der Waals surface area contributed by atoms with Gasteiger partial charge in [0.25, 0.3) is 0 Å². The largest absolute Gasteiger partial charge is 0.459 e. The lowest BCUT2D eigenvalue weighted by atomic mass is 9.75. The summed E-state index contributed by atoms with van der Waals surface area (Å²) in [6.07, 6.45) is 4.20. The maximum absolute atomic E-state index is 12.9. The van der Waals surface area contributed by atoms with Gasteiger partial charge < -0.3 is 9.47 Å². The van der Waals surface area contributed by atoms with E-state index in [0.717, 1.165) is 30.4 Å². The highest BCUT2D eigenvalue weighted by Crippen LogP contribution is 2.38. The van der Waals surface area contributed by atoms with Crippen LogP contribution in [0.4, 0.5) is 0 Å². The molecule has 2 aromatic carbocycles. The maximum atomic E-state index is 12.9. The summed E-state index contributed by atoms with van der Waals surface area (Å²) in [5, 5.41) is 9.04. The minimum absolute atomic E-state index is 0.0303. The molecule has 1 aliphatic rings. The Morgan fingerprint density at radius 2 is 1.94 bits per heavy atom. The van der Waals surface area contributed by atoms with Gasteiger partial charge in [-0.05, 0) is 85.5 Å². The number of benzene rings is 2. The Labute approximate surface area is 214 Å². The zero-order chi connectivity index (χ0) is 25.3. The van der Waals surface area contributed by atoms with Crippen LogP contribution >= 0.6 is 23.2 Å². The van der Waals surface area contributed by atoms with Crippen molar-refractivity contribution in [2.45, 2.75) is 53.6 Å². The van der Waals surface area contributed by atoms with E-state index in [1.807, 2.05) is 26.8 Å². The van der Waals surface area contributed by atoms with Crippen LogP contribution in [0.3, 0.4) is 0 Å². The molecule has 2 atom stereocenters. The van der Waals surface area contributed by atoms with Crippen molar-refractivity contribution in [1.82, 2.24) is 15.0 Å². The lowest BCUT2D eigenvalue weighted by molar-refractivity contribution is -0.151. The summed E-state index contributed by atoms with van der Waals surface area (Å²) >= 11 is 12.0. The summed E-state index contributed by atoms with van der Waals surface area (Å²) in [7, 11) is 0. The van der Waals surface area contributed by atoms with E-state index < -0.39 is 0 Å². The first kappa shape index (κ1) is 25.2. The Morgan fingerprint density at radius 3 is 2.66 bits per heavy atom. The average molecular weight is 516 g/mol. The number of fused-ring (bicyclic) bond motifs is 1. The van der Waals surface area contributed by atoms with Crippen LogP contribution in [0.5, 0.6) is 5.75 Å². The molecule has 3 aromatic rings. The number of nitrogens with zero attached hydrogens (tertiary/aromatic N) is 3. The van der Waals surface area contributed by atoms with Gasteiger partial charge in [-0.1, -0.05) is 35.3 Å². The maximum Gasteiger partial charge on any atom is 0.309 e. The number of ether oxygens (including phenoxy) is 2. The summed E-state index contributed by atoms with van der Waals surface area (Å²) in [6.45, 7) is 7.34. The van der Waals surface area contributed by atoms with Crippen molar-refractivity contribution in [3.8, 4) is 11.4 Å². The van der Waals surface area contributed by atoms with Gasteiger partial charge in [-0.3, -0.25) is 9.59 Å². The number of aromatic nitrogens is 3. The van der Waals surface area contributed by atoms with Crippen molar-refractivity contribution >= 4 is 35.1 Å². The minimum atomic E-state index is -0.340. The normalized spacial score (nSPS) is 15.9. The van der Waals surface area contributed by atoms with Gasteiger partial charge >= 0.3 is 11.9 Å². The Kier molecular flexibility index (Phi) is 7.47. The Morgan fingerprint density at radius 1 is 1.17 bits per heavy atom. The van der Waals surface area contributed by atoms with Crippen molar-refractivity contribution in [2.24, 2.45) is 11.8 Å². The number of esters is 2. The van der Waals surface area contributed by atoms with Crippen LogP contribution in [0.2, 0.25) is 10.0 Å². The van der Waals surface area contributed by atoms with Gasteiger partial charge in [0.05, 0.1) is 27.8 Å². The molecule has 0 fully saturated rings. The number of rotatable bonds is 6. The fourth-order valence-corrected chi connectivity index (χ4v) is 4.89. The first-order valence-corrected chi connectivity index (χ1v) is 12.2. The second-order valence-corrected chi connectivity index (χ2v) is 9.83. The number of carbonyl (C=O) groups is 2. The molecule has 35 heavy (non-hydrogen) atoms. The van der Waals surface area contributed by atoms with Crippen molar-refractivity contribution in [2.75, 3.05) is 0 Å². The van der Waals surface area contributed by atoms with Crippen molar-refractivity contribution in [3.63, 3.8) is 0 Å². The van der Waals surface area contributed by atoms with Crippen LogP contribution in [0.1, 0.15) is 48.2 Å². The number of carbonyl (C=O) groups excluding carboxylic acids is 2. The van der Waals surface area contributed by atoms with E-state index in [0.29, 0.717) is 27.2 Å². The molecule has 184 valence electrons. The molecule has 0 unspecified atom stereocenters. The average Bonchev–Trinajstić information content (AvgIpc) is 3.30. The highest BCUT2D eigenvalue weighted by Gasteiger charge is 2.31. The molecule has 0 amide bonds. The molecule has 0 radical (unpaired) electrons. The molecular weight excluding hydrogens is 489 g/mol. The Bertz CT molecular complexity index is 1290. The SMILES string of the molecule is CC(=O)Oc1cc(C)c2c(c1C)C[C@H]([C@@H](C)C(=O)OCc1cn(-c3ccc(Cl)c(Cl)c3)nn1)CC2. The van der Waals surface area contributed by atoms with E-state index in [-0.39, 0.29) is 30.4 Å². The van der Waals surface area contributed by atoms with Gasteiger partial charge in [0, 0.05) is 6.92 Å². The zero-order valence-electron chi connectivity index (χ0n) is 20.1. The molecule has 1 heterocycles. The third-order valence-corrected chi connectivity index (χ3v) is 7.38. The monoisotopic (exact) mass is 515 g/mol. The highest BCUT2D eigenvalue weighted by molar-refractivity contribution is 6.42. The van der Waals surface area contributed by atoms with E-state index in [2.05, 4.69) is 10.3 Å². The standard InChI is InChI=1S/C26H27Cl2N3O4/c1-14-9-25(35-17(4)32)16(3)22-10-18(5-7-21(14)22)15(2)26(33)34-13-19-12-31(30-29-19)20-6-8-23(27)24(28)11-20/h6,8-9,11-12,15,18H,5,7,10,13H2,1-4H3/t15-,18-/m1/s1. The van der Waals surface area contributed by atoms with Crippen LogP contribution in [0.25, 0.3) is 5.69 Å². The van der Waals surface area contributed by atoms with E-state index in [1.165, 1.54) is 18.1 Å². The molecule has 4 rings (SSSR count). The Balaban J connectivity index is 1.40. The summed E-state index contributed by atoms with van der Waals surface area (Å²) in [6, 6.07) is 7.08. The van der Waals surface area contributed by atoms with Gasteiger partial charge in [0.2, 0.25) is 0 Å². The van der Waals surface area contributed by atoms with Crippen LogP contribution < -0.4 is 4.74 Å². The van der Waals surface area contributed by atoms with Crippen molar-refractivity contribution < 1.29 is 19.1 Å². The quantitative estimate of drug-likeness (QED) is 0.313. The molecule has 1 aliphatic carbocycles. The van der Waals surface area contributed by atoms with E-state index in [4.69, 9.17) is 32.7 Å². The summed E-state index contributed by atoms with van der Waals surface area (Å²) in [5.74, 6) is -0.173. The van der Waals surface area contributed by atoms with Crippen LogP contribution in [-0.2, 0) is 33.8 Å². The van der Waals surface area contributed by atoms with Crippen molar-refractivity contribution in [3.05, 3.63) is 68.5 Å². The fourth-order valence-electron chi connectivity index (χ4n) is 4.60. The Hall–Kier alpha value is -2.90. The first-order chi connectivity index (χ1) is 16.6. The number of aryl methyl sites for hydroxylation is 1. The van der Waals surface area contributed by atoms with Crippen LogP contribution in [0, 0.1) is 25.7 Å². The van der Waals surface area contributed by atoms with Gasteiger partial charge in [-0.25, -0.2) is 4.68 Å². The summed E-state index contributed by atoms with van der Waals surface area (Å²) < 4.78 is 12.5. The molecule has 9 heteroatoms. The molecule has 0 bridgehead atoms. The summed E-state index contributed by atoms with van der Waals surface area (Å²) in [5.41, 5.74) is 5.77. The molecule has 0 saturated heterocycles. The molecule has 0 aliphatic heterocycles.